The van der Waals surface area contributed by atoms with Crippen LogP contribution in [0.3, 0.4) is 0 Å². The number of carbonyl (C=O) groups excluding carboxylic acids is 3. The van der Waals surface area contributed by atoms with Crippen molar-refractivity contribution in [1.29, 1.82) is 0 Å². The minimum Gasteiger partial charge on any atom is -0.466 e. The van der Waals surface area contributed by atoms with Gasteiger partial charge in [-0.15, -0.1) is 11.3 Å². The molecule has 1 aromatic heterocycles. The van der Waals surface area contributed by atoms with Crippen LogP contribution in [0.5, 0.6) is 0 Å². The highest BCUT2D eigenvalue weighted by Gasteiger charge is 2.28. The van der Waals surface area contributed by atoms with Crippen molar-refractivity contribution in [1.82, 2.24) is 9.47 Å². The van der Waals surface area contributed by atoms with Crippen LogP contribution >= 0.6 is 11.3 Å². The Labute approximate surface area is 208 Å². The Morgan fingerprint density at radius 3 is 2.31 bits per heavy atom. The van der Waals surface area contributed by atoms with Gasteiger partial charge in [0, 0.05) is 42.3 Å². The van der Waals surface area contributed by atoms with Crippen LogP contribution in [-0.4, -0.2) is 46.9 Å². The van der Waals surface area contributed by atoms with E-state index in [1.807, 2.05) is 59.5 Å². The van der Waals surface area contributed by atoms with Gasteiger partial charge in [-0.2, -0.15) is 4.99 Å². The molecular weight excluding hydrogens is 462 g/mol. The minimum atomic E-state index is -0.270. The second kappa shape index (κ2) is 11.3. The van der Waals surface area contributed by atoms with Gasteiger partial charge in [-0.25, -0.2) is 0 Å². The van der Waals surface area contributed by atoms with Crippen molar-refractivity contribution in [2.24, 2.45) is 10.9 Å². The van der Waals surface area contributed by atoms with Crippen molar-refractivity contribution in [3.8, 4) is 0 Å². The lowest BCUT2D eigenvalue weighted by atomic mass is 9.96. The summed E-state index contributed by atoms with van der Waals surface area (Å²) in [5, 5.41) is 1.90. The lowest BCUT2D eigenvalue weighted by Crippen LogP contribution is -2.40. The van der Waals surface area contributed by atoms with E-state index in [1.54, 1.807) is 24.0 Å². The van der Waals surface area contributed by atoms with Crippen LogP contribution in [0.1, 0.15) is 51.6 Å². The molecule has 35 heavy (non-hydrogen) atoms. The zero-order valence-corrected chi connectivity index (χ0v) is 20.8. The molecule has 7 nitrogen and oxygen atoms in total. The summed E-state index contributed by atoms with van der Waals surface area (Å²) >= 11 is 1.41. The first-order valence-corrected chi connectivity index (χ1v) is 12.7. The molecule has 0 unspecified atom stereocenters. The fourth-order valence-electron chi connectivity index (χ4n) is 4.07. The number of ether oxygens (including phenoxy) is 1. The SMILES string of the molecule is CCOC(=O)C1CCN(C(=O)c2ccc(Cn3ccsc3=NC(=O)c3ccc(C)cc3)cc2)CC1. The van der Waals surface area contributed by atoms with Crippen LogP contribution in [0.15, 0.2) is 65.1 Å². The van der Waals surface area contributed by atoms with E-state index in [2.05, 4.69) is 4.99 Å². The number of piperidine rings is 1. The third kappa shape index (κ3) is 6.14. The van der Waals surface area contributed by atoms with Crippen LogP contribution in [0.2, 0.25) is 0 Å². The molecule has 1 saturated heterocycles. The minimum absolute atomic E-state index is 0.0265. The summed E-state index contributed by atoms with van der Waals surface area (Å²) in [5.41, 5.74) is 3.28. The van der Waals surface area contributed by atoms with Gasteiger partial charge in [-0.05, 0) is 56.5 Å². The average Bonchev–Trinajstić information content (AvgIpc) is 3.31. The first kappa shape index (κ1) is 24.6. The lowest BCUT2D eigenvalue weighted by Gasteiger charge is -2.31. The van der Waals surface area contributed by atoms with E-state index in [9.17, 15) is 14.4 Å². The van der Waals surface area contributed by atoms with Gasteiger partial charge in [0.1, 0.15) is 0 Å². The summed E-state index contributed by atoms with van der Waals surface area (Å²) in [4.78, 5) is 44.1. The number of esters is 1. The van der Waals surface area contributed by atoms with Crippen molar-refractivity contribution < 1.29 is 19.1 Å². The summed E-state index contributed by atoms with van der Waals surface area (Å²) in [6, 6.07) is 14.9. The van der Waals surface area contributed by atoms with Crippen molar-refractivity contribution in [2.75, 3.05) is 19.7 Å². The highest BCUT2D eigenvalue weighted by atomic mass is 32.1. The molecule has 0 radical (unpaired) electrons. The quantitative estimate of drug-likeness (QED) is 0.487. The van der Waals surface area contributed by atoms with E-state index >= 15 is 0 Å². The lowest BCUT2D eigenvalue weighted by molar-refractivity contribution is -0.149. The molecule has 3 aromatic rings. The maximum Gasteiger partial charge on any atom is 0.309 e. The first-order chi connectivity index (χ1) is 16.9. The van der Waals surface area contributed by atoms with Gasteiger partial charge in [0.05, 0.1) is 12.5 Å². The number of nitrogens with zero attached hydrogens (tertiary/aromatic N) is 3. The van der Waals surface area contributed by atoms with Gasteiger partial charge >= 0.3 is 5.97 Å². The van der Waals surface area contributed by atoms with Crippen molar-refractivity contribution in [3.05, 3.63) is 87.2 Å². The first-order valence-electron chi connectivity index (χ1n) is 11.8. The van der Waals surface area contributed by atoms with Gasteiger partial charge in [0.15, 0.2) is 4.80 Å². The Morgan fingerprint density at radius 2 is 1.66 bits per heavy atom. The Kier molecular flexibility index (Phi) is 7.92. The summed E-state index contributed by atoms with van der Waals surface area (Å²) in [6.07, 6.45) is 3.16. The Morgan fingerprint density at radius 1 is 1.00 bits per heavy atom. The molecule has 0 saturated carbocycles. The number of rotatable bonds is 6. The fraction of sp³-hybridized carbons (Fsp3) is 0.333. The molecule has 0 bridgehead atoms. The van der Waals surface area contributed by atoms with Gasteiger partial charge < -0.3 is 14.2 Å². The molecule has 8 heteroatoms. The summed E-state index contributed by atoms with van der Waals surface area (Å²) in [5.74, 6) is -0.585. The monoisotopic (exact) mass is 491 g/mol. The second-order valence-electron chi connectivity index (χ2n) is 8.61. The molecule has 1 aliphatic rings. The van der Waals surface area contributed by atoms with E-state index < -0.39 is 0 Å². The molecule has 1 aliphatic heterocycles. The highest BCUT2D eigenvalue weighted by molar-refractivity contribution is 7.07. The van der Waals surface area contributed by atoms with E-state index in [0.717, 1.165) is 11.1 Å². The number of thiazole rings is 1. The number of carbonyl (C=O) groups is 3. The predicted octanol–water partition coefficient (Wildman–Crippen LogP) is 4.06. The van der Waals surface area contributed by atoms with Crippen LogP contribution < -0.4 is 4.80 Å². The Hall–Kier alpha value is -3.52. The highest BCUT2D eigenvalue weighted by Crippen LogP contribution is 2.20. The number of aryl methyl sites for hydroxylation is 1. The van der Waals surface area contributed by atoms with Crippen LogP contribution in [0.25, 0.3) is 0 Å². The maximum absolute atomic E-state index is 12.9. The summed E-state index contributed by atoms with van der Waals surface area (Å²) < 4.78 is 7.03. The molecule has 2 aromatic carbocycles. The molecule has 0 aliphatic carbocycles. The fourth-order valence-corrected chi connectivity index (χ4v) is 4.79. The number of hydrogen-bond donors (Lipinski definition) is 0. The molecule has 4 rings (SSSR count). The topological polar surface area (TPSA) is 81.0 Å². The molecule has 0 atom stereocenters. The van der Waals surface area contributed by atoms with E-state index in [-0.39, 0.29) is 23.7 Å². The Bertz CT molecular complexity index is 1250. The number of benzene rings is 2. The van der Waals surface area contributed by atoms with E-state index in [1.165, 1.54) is 11.3 Å². The van der Waals surface area contributed by atoms with E-state index in [4.69, 9.17) is 4.74 Å². The molecule has 0 N–H and O–H groups in total. The maximum atomic E-state index is 12.9. The molecule has 1 fully saturated rings. The van der Waals surface area contributed by atoms with Gasteiger partial charge in [0.2, 0.25) is 0 Å². The van der Waals surface area contributed by atoms with Crippen LogP contribution in [0.4, 0.5) is 0 Å². The Balaban J connectivity index is 1.39. The summed E-state index contributed by atoms with van der Waals surface area (Å²) in [6.45, 7) is 5.81. The standard InChI is InChI=1S/C27H29N3O4S/c1-3-34-26(33)23-12-14-29(15-13-23)25(32)22-10-6-20(7-11-22)18-30-16-17-35-27(30)28-24(31)21-8-4-19(2)5-9-21/h4-11,16-17,23H,3,12-15,18H2,1-2H3. The molecule has 0 spiro atoms. The third-order valence-corrected chi connectivity index (χ3v) is 6.91. The largest absolute Gasteiger partial charge is 0.466 e. The zero-order valence-electron chi connectivity index (χ0n) is 20.0. The van der Waals surface area contributed by atoms with Crippen molar-refractivity contribution >= 4 is 29.1 Å². The number of amides is 2. The normalized spacial score (nSPS) is 14.7. The number of likely N-dealkylation sites (tertiary alicyclic amines) is 1. The number of hydrogen-bond acceptors (Lipinski definition) is 5. The summed E-state index contributed by atoms with van der Waals surface area (Å²) in [7, 11) is 0. The average molecular weight is 492 g/mol. The molecular formula is C27H29N3O4S. The number of aromatic nitrogens is 1. The smallest absolute Gasteiger partial charge is 0.309 e. The van der Waals surface area contributed by atoms with Gasteiger partial charge in [-0.3, -0.25) is 14.4 Å². The molecule has 2 amide bonds. The molecule has 182 valence electrons. The molecule has 2 heterocycles. The third-order valence-electron chi connectivity index (χ3n) is 6.11. The van der Waals surface area contributed by atoms with Gasteiger partial charge in [-0.1, -0.05) is 29.8 Å². The van der Waals surface area contributed by atoms with Crippen molar-refractivity contribution in [2.45, 2.75) is 33.2 Å². The zero-order chi connectivity index (χ0) is 24.8. The van der Waals surface area contributed by atoms with Gasteiger partial charge in [0.25, 0.3) is 11.8 Å². The van der Waals surface area contributed by atoms with Crippen LogP contribution in [-0.2, 0) is 16.1 Å². The van der Waals surface area contributed by atoms with Crippen molar-refractivity contribution in [3.63, 3.8) is 0 Å². The predicted molar refractivity (Wildman–Crippen MR) is 134 cm³/mol. The van der Waals surface area contributed by atoms with E-state index in [0.29, 0.717) is 55.0 Å². The second-order valence-corrected chi connectivity index (χ2v) is 9.48. The van der Waals surface area contributed by atoms with Crippen LogP contribution in [0, 0.1) is 12.8 Å².